The van der Waals surface area contributed by atoms with E-state index in [0.717, 1.165) is 12.3 Å². The van der Waals surface area contributed by atoms with Gasteiger partial charge in [-0.1, -0.05) is 13.8 Å². The summed E-state index contributed by atoms with van der Waals surface area (Å²) in [5, 5.41) is 12.4. The molecule has 0 spiro atoms. The van der Waals surface area contributed by atoms with Gasteiger partial charge in [0.25, 0.3) is 0 Å². The Hall–Kier alpha value is -0.800. The van der Waals surface area contributed by atoms with Crippen LogP contribution in [0.15, 0.2) is 22.8 Å². The lowest BCUT2D eigenvalue weighted by Gasteiger charge is -2.24. The summed E-state index contributed by atoms with van der Waals surface area (Å²) in [6.07, 6.45) is 1.67. The zero-order chi connectivity index (χ0) is 10.6. The van der Waals surface area contributed by atoms with Gasteiger partial charge in [-0.15, -0.1) is 0 Å². The van der Waals surface area contributed by atoms with Crippen LogP contribution in [-0.2, 0) is 0 Å². The van der Waals surface area contributed by atoms with Gasteiger partial charge in [-0.05, 0) is 19.1 Å². The van der Waals surface area contributed by atoms with Gasteiger partial charge in [0.1, 0.15) is 5.76 Å². The van der Waals surface area contributed by atoms with Gasteiger partial charge in [-0.25, -0.2) is 0 Å². The monoisotopic (exact) mass is 197 g/mol. The first-order valence-electron chi connectivity index (χ1n) is 4.93. The highest BCUT2D eigenvalue weighted by molar-refractivity contribution is 5.03. The number of nitrogens with one attached hydrogen (secondary N) is 1. The van der Waals surface area contributed by atoms with Crippen molar-refractivity contribution in [3.63, 3.8) is 0 Å². The van der Waals surface area contributed by atoms with Crippen molar-refractivity contribution in [3.05, 3.63) is 24.2 Å². The van der Waals surface area contributed by atoms with Crippen LogP contribution in [0, 0.1) is 5.41 Å². The van der Waals surface area contributed by atoms with Crippen LogP contribution < -0.4 is 5.32 Å². The Balaban J connectivity index is 2.39. The van der Waals surface area contributed by atoms with Crippen molar-refractivity contribution in [3.8, 4) is 0 Å². The Kier molecular flexibility index (Phi) is 3.72. The van der Waals surface area contributed by atoms with E-state index in [4.69, 9.17) is 9.52 Å². The second kappa shape index (κ2) is 4.62. The minimum atomic E-state index is -0.0825. The largest absolute Gasteiger partial charge is 0.468 e. The molecule has 0 aliphatic heterocycles. The van der Waals surface area contributed by atoms with Gasteiger partial charge in [-0.2, -0.15) is 0 Å². The van der Waals surface area contributed by atoms with Gasteiger partial charge in [-0.3, -0.25) is 0 Å². The third-order valence-electron chi connectivity index (χ3n) is 2.28. The maximum atomic E-state index is 9.07. The fourth-order valence-electron chi connectivity index (χ4n) is 1.12. The van der Waals surface area contributed by atoms with E-state index >= 15 is 0 Å². The molecule has 0 amide bonds. The molecule has 0 bridgehead atoms. The SMILES string of the molecule is C[C@H](NCC(C)(C)CO)c1ccco1. The molecule has 3 heteroatoms. The van der Waals surface area contributed by atoms with E-state index in [9.17, 15) is 0 Å². The Morgan fingerprint density at radius 2 is 2.29 bits per heavy atom. The molecule has 1 rings (SSSR count). The summed E-state index contributed by atoms with van der Waals surface area (Å²) < 4.78 is 5.27. The summed E-state index contributed by atoms with van der Waals surface area (Å²) in [6, 6.07) is 4.02. The number of aliphatic hydroxyl groups excluding tert-OH is 1. The quantitative estimate of drug-likeness (QED) is 0.758. The maximum Gasteiger partial charge on any atom is 0.120 e. The summed E-state index contributed by atoms with van der Waals surface area (Å²) in [4.78, 5) is 0. The lowest BCUT2D eigenvalue weighted by Crippen LogP contribution is -2.33. The zero-order valence-corrected chi connectivity index (χ0v) is 9.08. The van der Waals surface area contributed by atoms with Crippen molar-refractivity contribution in [2.45, 2.75) is 26.8 Å². The molecule has 1 aromatic rings. The molecule has 0 aliphatic carbocycles. The Bertz CT molecular complexity index is 254. The molecule has 3 nitrogen and oxygen atoms in total. The first kappa shape index (κ1) is 11.3. The normalized spacial score (nSPS) is 14.3. The van der Waals surface area contributed by atoms with Crippen LogP contribution in [0.2, 0.25) is 0 Å². The molecule has 2 N–H and O–H groups in total. The maximum absolute atomic E-state index is 9.07. The summed E-state index contributed by atoms with van der Waals surface area (Å²) in [5.74, 6) is 0.929. The number of hydrogen-bond donors (Lipinski definition) is 2. The summed E-state index contributed by atoms with van der Waals surface area (Å²) in [5.41, 5.74) is -0.0825. The van der Waals surface area contributed by atoms with E-state index in [0.29, 0.717) is 0 Å². The van der Waals surface area contributed by atoms with Gasteiger partial charge in [0, 0.05) is 18.6 Å². The standard InChI is InChI=1S/C11H19NO2/c1-9(10-5-4-6-14-10)12-7-11(2,3)8-13/h4-6,9,12-13H,7-8H2,1-3H3/t9-/m0/s1. The molecule has 0 aliphatic rings. The highest BCUT2D eigenvalue weighted by atomic mass is 16.3. The fourth-order valence-corrected chi connectivity index (χ4v) is 1.12. The topological polar surface area (TPSA) is 45.4 Å². The molecule has 80 valence electrons. The van der Waals surface area contributed by atoms with E-state index in [1.54, 1.807) is 6.26 Å². The van der Waals surface area contributed by atoms with E-state index in [1.165, 1.54) is 0 Å². The van der Waals surface area contributed by atoms with Gasteiger partial charge >= 0.3 is 0 Å². The second-order valence-corrected chi connectivity index (χ2v) is 4.44. The van der Waals surface area contributed by atoms with Crippen LogP contribution in [-0.4, -0.2) is 18.3 Å². The molecule has 0 saturated heterocycles. The Morgan fingerprint density at radius 1 is 1.57 bits per heavy atom. The first-order valence-corrected chi connectivity index (χ1v) is 4.93. The fraction of sp³-hybridized carbons (Fsp3) is 0.636. The highest BCUT2D eigenvalue weighted by Crippen LogP contribution is 2.16. The molecule has 1 atom stereocenters. The van der Waals surface area contributed by atoms with Crippen molar-refractivity contribution >= 4 is 0 Å². The van der Waals surface area contributed by atoms with Crippen molar-refractivity contribution in [2.24, 2.45) is 5.41 Å². The molecule has 0 fully saturated rings. The van der Waals surface area contributed by atoms with Gasteiger partial charge < -0.3 is 14.8 Å². The van der Waals surface area contributed by atoms with Gasteiger partial charge in [0.05, 0.1) is 12.3 Å². The smallest absolute Gasteiger partial charge is 0.120 e. The van der Waals surface area contributed by atoms with Crippen molar-refractivity contribution in [1.82, 2.24) is 5.32 Å². The van der Waals surface area contributed by atoms with Crippen molar-refractivity contribution in [1.29, 1.82) is 0 Å². The van der Waals surface area contributed by atoms with E-state index in [-0.39, 0.29) is 18.1 Å². The first-order chi connectivity index (χ1) is 6.55. The second-order valence-electron chi connectivity index (χ2n) is 4.44. The van der Waals surface area contributed by atoms with Gasteiger partial charge in [0.15, 0.2) is 0 Å². The average molecular weight is 197 g/mol. The molecular formula is C11H19NO2. The molecule has 1 heterocycles. The van der Waals surface area contributed by atoms with E-state index in [1.807, 2.05) is 32.9 Å². The van der Waals surface area contributed by atoms with Crippen LogP contribution >= 0.6 is 0 Å². The van der Waals surface area contributed by atoms with Gasteiger partial charge in [0.2, 0.25) is 0 Å². The lowest BCUT2D eigenvalue weighted by atomic mass is 9.94. The minimum absolute atomic E-state index is 0.0825. The molecule has 0 unspecified atom stereocenters. The summed E-state index contributed by atoms with van der Waals surface area (Å²) in [6.45, 7) is 7.05. The van der Waals surface area contributed by atoms with Crippen LogP contribution in [0.4, 0.5) is 0 Å². The molecule has 0 saturated carbocycles. The minimum Gasteiger partial charge on any atom is -0.468 e. The zero-order valence-electron chi connectivity index (χ0n) is 9.08. The third-order valence-corrected chi connectivity index (χ3v) is 2.28. The van der Waals surface area contributed by atoms with Crippen molar-refractivity contribution in [2.75, 3.05) is 13.2 Å². The van der Waals surface area contributed by atoms with Crippen LogP contribution in [0.3, 0.4) is 0 Å². The van der Waals surface area contributed by atoms with Crippen LogP contribution in [0.25, 0.3) is 0 Å². The number of aliphatic hydroxyl groups is 1. The lowest BCUT2D eigenvalue weighted by molar-refractivity contribution is 0.152. The Morgan fingerprint density at radius 3 is 2.79 bits per heavy atom. The highest BCUT2D eigenvalue weighted by Gasteiger charge is 2.18. The van der Waals surface area contributed by atoms with E-state index in [2.05, 4.69) is 5.32 Å². The number of furan rings is 1. The van der Waals surface area contributed by atoms with E-state index < -0.39 is 0 Å². The van der Waals surface area contributed by atoms with Crippen molar-refractivity contribution < 1.29 is 9.52 Å². The summed E-state index contributed by atoms with van der Waals surface area (Å²) in [7, 11) is 0. The number of rotatable bonds is 5. The molecule has 1 aromatic heterocycles. The average Bonchev–Trinajstić information content (AvgIpc) is 2.67. The predicted octanol–water partition coefficient (Wildman–Crippen LogP) is 1.95. The third kappa shape index (κ3) is 3.16. The molecular weight excluding hydrogens is 178 g/mol. The number of hydrogen-bond acceptors (Lipinski definition) is 3. The molecule has 0 aromatic carbocycles. The van der Waals surface area contributed by atoms with Crippen LogP contribution in [0.1, 0.15) is 32.6 Å². The predicted molar refractivity (Wildman–Crippen MR) is 56.0 cm³/mol. The summed E-state index contributed by atoms with van der Waals surface area (Å²) >= 11 is 0. The molecule has 14 heavy (non-hydrogen) atoms. The van der Waals surface area contributed by atoms with Crippen LogP contribution in [0.5, 0.6) is 0 Å². The molecule has 0 radical (unpaired) electrons. The Labute approximate surface area is 85.1 Å².